The predicted octanol–water partition coefficient (Wildman–Crippen LogP) is 4.73. The molecule has 2 nitrogen and oxygen atoms in total. The molecule has 1 atom stereocenters. The first kappa shape index (κ1) is 16.5. The second-order valence-electron chi connectivity index (χ2n) is 5.51. The Labute approximate surface area is 139 Å². The number of anilines is 1. The topological polar surface area (TPSA) is 24.1 Å². The van der Waals surface area contributed by atoms with Crippen molar-refractivity contribution in [3.63, 3.8) is 0 Å². The first-order chi connectivity index (χ1) is 10.7. The van der Waals surface area contributed by atoms with Gasteiger partial charge in [0.05, 0.1) is 0 Å². The average Bonchev–Trinajstić information content (AvgIpc) is 2.55. The second-order valence-corrected chi connectivity index (χ2v) is 5.92. The number of rotatable bonds is 6. The van der Waals surface area contributed by atoms with Crippen molar-refractivity contribution in [1.82, 2.24) is 5.32 Å². The lowest BCUT2D eigenvalue weighted by atomic mass is 9.97. The maximum absolute atomic E-state index is 5.41. The molecule has 22 heavy (non-hydrogen) atoms. The standard InChI is InChI=1S/C19H24N2S/c1-3-15(2)17-11-7-8-12-18(17)21-19(22)20-14-13-16-9-5-4-6-10-16/h4-12,15H,3,13-14H2,1-2H3,(H2,20,21,22). The van der Waals surface area contributed by atoms with Gasteiger partial charge in [-0.15, -0.1) is 0 Å². The van der Waals surface area contributed by atoms with Gasteiger partial charge in [-0.3, -0.25) is 0 Å². The molecule has 2 aromatic carbocycles. The summed E-state index contributed by atoms with van der Waals surface area (Å²) in [5, 5.41) is 7.30. The molecule has 0 saturated heterocycles. The third kappa shape index (κ3) is 4.85. The zero-order chi connectivity index (χ0) is 15.8. The Hall–Kier alpha value is -1.87. The van der Waals surface area contributed by atoms with E-state index in [0.29, 0.717) is 11.0 Å². The molecule has 116 valence electrons. The third-order valence-electron chi connectivity index (χ3n) is 3.89. The minimum atomic E-state index is 0.524. The van der Waals surface area contributed by atoms with Gasteiger partial charge in [-0.2, -0.15) is 0 Å². The van der Waals surface area contributed by atoms with Crippen LogP contribution in [0.5, 0.6) is 0 Å². The smallest absolute Gasteiger partial charge is 0.170 e. The Morgan fingerprint density at radius 1 is 1.05 bits per heavy atom. The van der Waals surface area contributed by atoms with Gasteiger partial charge in [-0.1, -0.05) is 62.4 Å². The molecule has 0 amide bonds. The Morgan fingerprint density at radius 3 is 2.45 bits per heavy atom. The van der Waals surface area contributed by atoms with Gasteiger partial charge in [0.2, 0.25) is 0 Å². The highest BCUT2D eigenvalue weighted by Gasteiger charge is 2.09. The normalized spacial score (nSPS) is 11.7. The molecule has 0 radical (unpaired) electrons. The van der Waals surface area contributed by atoms with E-state index in [-0.39, 0.29) is 0 Å². The molecule has 2 rings (SSSR count). The molecule has 0 aliphatic heterocycles. The van der Waals surface area contributed by atoms with Gasteiger partial charge in [0.15, 0.2) is 5.11 Å². The van der Waals surface area contributed by atoms with Crippen LogP contribution in [0.2, 0.25) is 0 Å². The molecule has 0 bridgehead atoms. The first-order valence-electron chi connectivity index (χ1n) is 7.88. The van der Waals surface area contributed by atoms with Crippen molar-refractivity contribution in [2.75, 3.05) is 11.9 Å². The van der Waals surface area contributed by atoms with E-state index in [1.807, 2.05) is 12.1 Å². The van der Waals surface area contributed by atoms with Crippen LogP contribution in [0.3, 0.4) is 0 Å². The molecule has 0 aliphatic carbocycles. The van der Waals surface area contributed by atoms with Crippen molar-refractivity contribution in [3.8, 4) is 0 Å². The first-order valence-corrected chi connectivity index (χ1v) is 8.29. The quantitative estimate of drug-likeness (QED) is 0.754. The summed E-state index contributed by atoms with van der Waals surface area (Å²) in [5.41, 5.74) is 3.74. The summed E-state index contributed by atoms with van der Waals surface area (Å²) in [7, 11) is 0. The van der Waals surface area contributed by atoms with E-state index < -0.39 is 0 Å². The SMILES string of the molecule is CCC(C)c1ccccc1NC(=S)NCCc1ccccc1. The van der Waals surface area contributed by atoms with Gasteiger partial charge in [0.25, 0.3) is 0 Å². The lowest BCUT2D eigenvalue weighted by Crippen LogP contribution is -2.30. The summed E-state index contributed by atoms with van der Waals surface area (Å²) >= 11 is 5.41. The number of benzene rings is 2. The molecule has 2 N–H and O–H groups in total. The Morgan fingerprint density at radius 2 is 1.73 bits per heavy atom. The fraction of sp³-hybridized carbons (Fsp3) is 0.316. The minimum Gasteiger partial charge on any atom is -0.362 e. The van der Waals surface area contributed by atoms with Gasteiger partial charge >= 0.3 is 0 Å². The maximum Gasteiger partial charge on any atom is 0.170 e. The predicted molar refractivity (Wildman–Crippen MR) is 99.5 cm³/mol. The summed E-state index contributed by atoms with van der Waals surface area (Å²) in [6, 6.07) is 18.8. The number of nitrogens with one attached hydrogen (secondary N) is 2. The van der Waals surface area contributed by atoms with Crippen LogP contribution in [0.4, 0.5) is 5.69 Å². The van der Waals surface area contributed by atoms with Crippen LogP contribution >= 0.6 is 12.2 Å². The van der Waals surface area contributed by atoms with Crippen molar-refractivity contribution >= 4 is 23.0 Å². The zero-order valence-corrected chi connectivity index (χ0v) is 14.1. The van der Waals surface area contributed by atoms with Crippen molar-refractivity contribution in [3.05, 3.63) is 65.7 Å². The monoisotopic (exact) mass is 312 g/mol. The van der Waals surface area contributed by atoms with Gasteiger partial charge in [0, 0.05) is 12.2 Å². The van der Waals surface area contributed by atoms with Crippen LogP contribution in [0.25, 0.3) is 0 Å². The molecule has 1 unspecified atom stereocenters. The highest BCUT2D eigenvalue weighted by atomic mass is 32.1. The molecular weight excluding hydrogens is 288 g/mol. The molecule has 0 saturated carbocycles. The van der Waals surface area contributed by atoms with E-state index in [1.54, 1.807) is 0 Å². The third-order valence-corrected chi connectivity index (χ3v) is 4.14. The van der Waals surface area contributed by atoms with Gasteiger partial charge in [0.1, 0.15) is 0 Å². The number of thiocarbonyl (C=S) groups is 1. The van der Waals surface area contributed by atoms with Crippen LogP contribution in [0, 0.1) is 0 Å². The van der Waals surface area contributed by atoms with Gasteiger partial charge < -0.3 is 10.6 Å². The number of hydrogen-bond donors (Lipinski definition) is 2. The van der Waals surface area contributed by atoms with Crippen LogP contribution in [-0.2, 0) is 6.42 Å². The summed E-state index contributed by atoms with van der Waals surface area (Å²) < 4.78 is 0. The van der Waals surface area contributed by atoms with Crippen molar-refractivity contribution in [1.29, 1.82) is 0 Å². The van der Waals surface area contributed by atoms with Crippen LogP contribution in [0.1, 0.15) is 37.3 Å². The highest BCUT2D eigenvalue weighted by molar-refractivity contribution is 7.80. The lowest BCUT2D eigenvalue weighted by molar-refractivity contribution is 0.735. The van der Waals surface area contributed by atoms with E-state index in [1.165, 1.54) is 11.1 Å². The largest absolute Gasteiger partial charge is 0.362 e. The molecule has 0 aliphatic rings. The number of para-hydroxylation sites is 1. The van der Waals surface area contributed by atoms with Crippen LogP contribution in [0.15, 0.2) is 54.6 Å². The molecule has 0 fully saturated rings. The fourth-order valence-corrected chi connectivity index (χ4v) is 2.60. The number of hydrogen-bond acceptors (Lipinski definition) is 1. The van der Waals surface area contributed by atoms with E-state index >= 15 is 0 Å². The summed E-state index contributed by atoms with van der Waals surface area (Å²) in [5.74, 6) is 0.524. The van der Waals surface area contributed by atoms with E-state index in [9.17, 15) is 0 Å². The van der Waals surface area contributed by atoms with Crippen molar-refractivity contribution < 1.29 is 0 Å². The summed E-state index contributed by atoms with van der Waals surface area (Å²) in [4.78, 5) is 0. The fourth-order valence-electron chi connectivity index (χ4n) is 2.39. The summed E-state index contributed by atoms with van der Waals surface area (Å²) in [6.07, 6.45) is 2.09. The summed E-state index contributed by atoms with van der Waals surface area (Å²) in [6.45, 7) is 5.28. The van der Waals surface area contributed by atoms with Crippen LogP contribution < -0.4 is 10.6 Å². The Balaban J connectivity index is 1.87. The molecule has 2 aromatic rings. The minimum absolute atomic E-state index is 0.524. The van der Waals surface area contributed by atoms with Crippen molar-refractivity contribution in [2.45, 2.75) is 32.6 Å². The molecule has 0 spiro atoms. The van der Waals surface area contributed by atoms with E-state index in [4.69, 9.17) is 12.2 Å². The van der Waals surface area contributed by atoms with E-state index in [0.717, 1.165) is 25.1 Å². The lowest BCUT2D eigenvalue weighted by Gasteiger charge is -2.17. The highest BCUT2D eigenvalue weighted by Crippen LogP contribution is 2.26. The van der Waals surface area contributed by atoms with Gasteiger partial charge in [-0.05, 0) is 48.2 Å². The maximum atomic E-state index is 5.41. The van der Waals surface area contributed by atoms with Crippen molar-refractivity contribution in [2.24, 2.45) is 0 Å². The molecular formula is C19H24N2S. The van der Waals surface area contributed by atoms with E-state index in [2.05, 4.69) is 66.9 Å². The van der Waals surface area contributed by atoms with Crippen LogP contribution in [-0.4, -0.2) is 11.7 Å². The van der Waals surface area contributed by atoms with Gasteiger partial charge in [-0.25, -0.2) is 0 Å². The second kappa shape index (κ2) is 8.54. The molecule has 0 heterocycles. The zero-order valence-electron chi connectivity index (χ0n) is 13.3. The molecule has 0 aromatic heterocycles. The Kier molecular flexibility index (Phi) is 6.41. The molecule has 3 heteroatoms. The Bertz CT molecular complexity index is 595. The average molecular weight is 312 g/mol.